The van der Waals surface area contributed by atoms with Crippen LogP contribution >= 0.6 is 0 Å². The summed E-state index contributed by atoms with van der Waals surface area (Å²) >= 11 is 0. The van der Waals surface area contributed by atoms with Crippen LogP contribution in [0.25, 0.3) is 0 Å². The van der Waals surface area contributed by atoms with Gasteiger partial charge in [-0.05, 0) is 62.8 Å². The van der Waals surface area contributed by atoms with E-state index in [2.05, 4.69) is 4.90 Å². The number of ether oxygens (including phenoxy) is 1. The van der Waals surface area contributed by atoms with Crippen molar-refractivity contribution in [3.8, 4) is 5.75 Å². The first-order valence-corrected chi connectivity index (χ1v) is 10.5. The molecule has 0 radical (unpaired) electrons. The van der Waals surface area contributed by atoms with Gasteiger partial charge in [-0.3, -0.25) is 9.59 Å². The fraction of sp³-hybridized carbons (Fsp3) is 0.636. The maximum atomic E-state index is 12.5. The molecule has 2 saturated heterocycles. The van der Waals surface area contributed by atoms with Gasteiger partial charge in [-0.15, -0.1) is 0 Å². The maximum Gasteiger partial charge on any atom is 0.253 e. The van der Waals surface area contributed by atoms with E-state index in [0.29, 0.717) is 18.4 Å². The molecule has 0 spiro atoms. The summed E-state index contributed by atoms with van der Waals surface area (Å²) in [6.45, 7) is 4.09. The molecule has 27 heavy (non-hydrogen) atoms. The molecule has 1 aliphatic carbocycles. The summed E-state index contributed by atoms with van der Waals surface area (Å²) in [7, 11) is 0. The molecule has 1 saturated carbocycles. The minimum atomic E-state index is 0.122. The molecule has 2 amide bonds. The fourth-order valence-electron chi connectivity index (χ4n) is 4.33. The van der Waals surface area contributed by atoms with Gasteiger partial charge in [-0.1, -0.05) is 6.42 Å². The highest BCUT2D eigenvalue weighted by Gasteiger charge is 2.32. The number of carbonyl (C=O) groups is 2. The predicted molar refractivity (Wildman–Crippen MR) is 104 cm³/mol. The van der Waals surface area contributed by atoms with E-state index in [4.69, 9.17) is 4.74 Å². The minimum Gasteiger partial charge on any atom is -0.493 e. The second-order valence-electron chi connectivity index (χ2n) is 8.26. The first-order chi connectivity index (χ1) is 13.2. The second-order valence-corrected chi connectivity index (χ2v) is 8.26. The predicted octanol–water partition coefficient (Wildman–Crippen LogP) is 3.34. The van der Waals surface area contributed by atoms with Gasteiger partial charge in [0.1, 0.15) is 5.75 Å². The summed E-state index contributed by atoms with van der Waals surface area (Å²) in [5, 5.41) is 0. The summed E-state index contributed by atoms with van der Waals surface area (Å²) in [6.07, 6.45) is 7.73. The normalized spacial score (nSPS) is 23.2. The fourth-order valence-corrected chi connectivity index (χ4v) is 4.33. The van der Waals surface area contributed by atoms with Gasteiger partial charge in [0.05, 0.1) is 6.61 Å². The zero-order valence-corrected chi connectivity index (χ0v) is 16.1. The van der Waals surface area contributed by atoms with Crippen molar-refractivity contribution in [3.05, 3.63) is 29.8 Å². The standard InChI is InChI=1S/C22H30N2O3/c25-21(23-12-1-2-13-23)19-8-10-20(11-9-19)27-16-17-5-4-14-24(15-17)22(26)18-6-3-7-18/h8-11,17-18H,1-7,12-16H2/t17-/m1/s1. The van der Waals surface area contributed by atoms with Crippen molar-refractivity contribution in [2.24, 2.45) is 11.8 Å². The number of amides is 2. The van der Waals surface area contributed by atoms with Crippen LogP contribution in [0, 0.1) is 11.8 Å². The first-order valence-electron chi connectivity index (χ1n) is 10.5. The van der Waals surface area contributed by atoms with Crippen molar-refractivity contribution < 1.29 is 14.3 Å². The number of rotatable bonds is 5. The van der Waals surface area contributed by atoms with E-state index in [9.17, 15) is 9.59 Å². The molecule has 0 N–H and O–H groups in total. The molecule has 4 rings (SSSR count). The van der Waals surface area contributed by atoms with E-state index in [1.54, 1.807) is 0 Å². The maximum absolute atomic E-state index is 12.5. The minimum absolute atomic E-state index is 0.122. The highest BCUT2D eigenvalue weighted by molar-refractivity contribution is 5.94. The highest BCUT2D eigenvalue weighted by Crippen LogP contribution is 2.30. The number of piperidine rings is 1. The number of nitrogens with zero attached hydrogens (tertiary/aromatic N) is 2. The Morgan fingerprint density at radius 3 is 2.26 bits per heavy atom. The third kappa shape index (κ3) is 4.28. The number of likely N-dealkylation sites (tertiary alicyclic amines) is 2. The van der Waals surface area contributed by atoms with Crippen LogP contribution in [0.1, 0.15) is 55.3 Å². The van der Waals surface area contributed by atoms with E-state index in [0.717, 1.165) is 76.0 Å². The first kappa shape index (κ1) is 18.3. The van der Waals surface area contributed by atoms with Gasteiger partial charge in [0.2, 0.25) is 5.91 Å². The molecule has 5 heteroatoms. The van der Waals surface area contributed by atoms with Crippen molar-refractivity contribution >= 4 is 11.8 Å². The molecule has 1 aromatic carbocycles. The van der Waals surface area contributed by atoms with Crippen LogP contribution < -0.4 is 4.74 Å². The SMILES string of the molecule is O=C(c1ccc(OC[C@@H]2CCCN(C(=O)C3CCC3)C2)cc1)N1CCCC1. The Balaban J connectivity index is 1.26. The topological polar surface area (TPSA) is 49.9 Å². The van der Waals surface area contributed by atoms with E-state index >= 15 is 0 Å². The monoisotopic (exact) mass is 370 g/mol. The number of hydrogen-bond donors (Lipinski definition) is 0. The van der Waals surface area contributed by atoms with Crippen LogP contribution in [0.15, 0.2) is 24.3 Å². The summed E-state index contributed by atoms with van der Waals surface area (Å²) in [4.78, 5) is 28.8. The Labute approximate surface area is 161 Å². The van der Waals surface area contributed by atoms with Crippen LogP contribution in [-0.4, -0.2) is 54.4 Å². The molecule has 3 aliphatic rings. The number of hydrogen-bond acceptors (Lipinski definition) is 3. The average Bonchev–Trinajstić information content (AvgIpc) is 3.20. The molecule has 1 atom stereocenters. The van der Waals surface area contributed by atoms with Gasteiger partial charge in [-0.2, -0.15) is 0 Å². The van der Waals surface area contributed by atoms with Crippen LogP contribution in [0.5, 0.6) is 5.75 Å². The molecular weight excluding hydrogens is 340 g/mol. The largest absolute Gasteiger partial charge is 0.493 e. The van der Waals surface area contributed by atoms with E-state index in [-0.39, 0.29) is 11.8 Å². The van der Waals surface area contributed by atoms with Gasteiger partial charge in [0, 0.05) is 43.6 Å². The van der Waals surface area contributed by atoms with Gasteiger partial charge in [0.15, 0.2) is 0 Å². The van der Waals surface area contributed by atoms with Gasteiger partial charge < -0.3 is 14.5 Å². The van der Waals surface area contributed by atoms with Gasteiger partial charge in [-0.25, -0.2) is 0 Å². The molecule has 3 fully saturated rings. The lowest BCUT2D eigenvalue weighted by Crippen LogP contribution is -2.45. The molecule has 0 aromatic heterocycles. The molecule has 2 heterocycles. The summed E-state index contributed by atoms with van der Waals surface area (Å²) in [5.41, 5.74) is 0.735. The Kier molecular flexibility index (Phi) is 5.65. The highest BCUT2D eigenvalue weighted by atomic mass is 16.5. The van der Waals surface area contributed by atoms with Gasteiger partial charge >= 0.3 is 0 Å². The van der Waals surface area contributed by atoms with E-state index < -0.39 is 0 Å². The molecule has 0 unspecified atom stereocenters. The third-order valence-corrected chi connectivity index (χ3v) is 6.27. The Bertz CT molecular complexity index is 663. The smallest absolute Gasteiger partial charge is 0.253 e. The zero-order chi connectivity index (χ0) is 18.6. The summed E-state index contributed by atoms with van der Waals surface area (Å²) in [6, 6.07) is 7.51. The Morgan fingerprint density at radius 1 is 0.889 bits per heavy atom. The summed E-state index contributed by atoms with van der Waals surface area (Å²) in [5.74, 6) is 1.96. The van der Waals surface area contributed by atoms with Crippen molar-refractivity contribution in [1.82, 2.24) is 9.80 Å². The van der Waals surface area contributed by atoms with Crippen molar-refractivity contribution in [2.75, 3.05) is 32.8 Å². The van der Waals surface area contributed by atoms with Crippen molar-refractivity contribution in [1.29, 1.82) is 0 Å². The van der Waals surface area contributed by atoms with Crippen molar-refractivity contribution in [3.63, 3.8) is 0 Å². The lowest BCUT2D eigenvalue weighted by atomic mass is 9.83. The number of benzene rings is 1. The van der Waals surface area contributed by atoms with Crippen LogP contribution in [0.3, 0.4) is 0 Å². The van der Waals surface area contributed by atoms with E-state index in [1.165, 1.54) is 6.42 Å². The van der Waals surface area contributed by atoms with Gasteiger partial charge in [0.25, 0.3) is 5.91 Å². The molecule has 5 nitrogen and oxygen atoms in total. The lowest BCUT2D eigenvalue weighted by Gasteiger charge is -2.37. The lowest BCUT2D eigenvalue weighted by molar-refractivity contribution is -0.140. The molecule has 0 bridgehead atoms. The van der Waals surface area contributed by atoms with Crippen LogP contribution in [0.4, 0.5) is 0 Å². The van der Waals surface area contributed by atoms with Crippen molar-refractivity contribution in [2.45, 2.75) is 44.9 Å². The third-order valence-electron chi connectivity index (χ3n) is 6.27. The van der Waals surface area contributed by atoms with E-state index in [1.807, 2.05) is 29.2 Å². The molecular formula is C22H30N2O3. The quantitative estimate of drug-likeness (QED) is 0.799. The second kappa shape index (κ2) is 8.32. The Morgan fingerprint density at radius 2 is 1.59 bits per heavy atom. The average molecular weight is 370 g/mol. The number of carbonyl (C=O) groups excluding carboxylic acids is 2. The summed E-state index contributed by atoms with van der Waals surface area (Å²) < 4.78 is 5.97. The van der Waals surface area contributed by atoms with Crippen LogP contribution in [-0.2, 0) is 4.79 Å². The zero-order valence-electron chi connectivity index (χ0n) is 16.1. The Hall–Kier alpha value is -2.04. The molecule has 146 valence electrons. The molecule has 2 aliphatic heterocycles. The molecule has 1 aromatic rings. The van der Waals surface area contributed by atoms with Crippen LogP contribution in [0.2, 0.25) is 0 Å².